The number of hydrogen-bond donors (Lipinski definition) is 2. The van der Waals surface area contributed by atoms with Gasteiger partial charge in [0.15, 0.2) is 0 Å². The molecular weight excluding hydrogens is 354 g/mol. The van der Waals surface area contributed by atoms with Crippen molar-refractivity contribution in [3.05, 3.63) is 54.2 Å². The Bertz CT molecular complexity index is 1000. The molecule has 3 heterocycles. The molecule has 4 rings (SSSR count). The van der Waals surface area contributed by atoms with Gasteiger partial charge in [0.05, 0.1) is 30.4 Å². The molecular formula is C21H23N5O2. The minimum absolute atomic E-state index is 0.0310. The second-order valence-corrected chi connectivity index (χ2v) is 7.01. The third-order valence-electron chi connectivity index (χ3n) is 5.05. The minimum atomic E-state index is -0.330. The molecule has 2 unspecified atom stereocenters. The van der Waals surface area contributed by atoms with Crippen molar-refractivity contribution in [3.8, 4) is 12.3 Å². The summed E-state index contributed by atoms with van der Waals surface area (Å²) in [5, 5.41) is 0. The van der Waals surface area contributed by atoms with Crippen molar-refractivity contribution in [2.24, 2.45) is 0 Å². The van der Waals surface area contributed by atoms with Crippen molar-refractivity contribution in [3.63, 3.8) is 0 Å². The molecule has 7 heteroatoms. The van der Waals surface area contributed by atoms with Crippen molar-refractivity contribution < 1.29 is 9.21 Å². The second kappa shape index (κ2) is 7.89. The number of carbonyl (C=O) groups is 1. The van der Waals surface area contributed by atoms with Gasteiger partial charge in [0, 0.05) is 12.6 Å². The van der Waals surface area contributed by atoms with Crippen molar-refractivity contribution in [2.45, 2.75) is 38.5 Å². The topological polar surface area (TPSA) is 75.3 Å². The number of nitrogens with one attached hydrogen (secondary N) is 2. The van der Waals surface area contributed by atoms with Crippen molar-refractivity contribution in [1.82, 2.24) is 25.3 Å². The minimum Gasteiger partial charge on any atom is -0.467 e. The van der Waals surface area contributed by atoms with Gasteiger partial charge in [-0.1, -0.05) is 18.1 Å². The second-order valence-electron chi connectivity index (χ2n) is 7.01. The highest BCUT2D eigenvalue weighted by atomic mass is 16.3. The summed E-state index contributed by atoms with van der Waals surface area (Å²) in [6.45, 7) is 3.34. The standard InChI is InChI=1S/C21H23N5O2/c1-3-10-25(14-17-7-6-11-28-17)21(27)19-12-16(23-24-19)13-26-15(2)22-18-8-4-5-9-20(18)26/h1,4-9,11,16,19,23-24H,10,12-14H2,2H3. The molecule has 1 saturated heterocycles. The summed E-state index contributed by atoms with van der Waals surface area (Å²) in [5.41, 5.74) is 8.47. The van der Waals surface area contributed by atoms with Gasteiger partial charge in [0.25, 0.3) is 0 Å². The van der Waals surface area contributed by atoms with Crippen LogP contribution in [-0.4, -0.2) is 39.0 Å². The molecule has 0 saturated carbocycles. The lowest BCUT2D eigenvalue weighted by Gasteiger charge is -2.22. The summed E-state index contributed by atoms with van der Waals surface area (Å²) in [5.74, 6) is 4.21. The van der Waals surface area contributed by atoms with Gasteiger partial charge in [-0.25, -0.2) is 10.4 Å². The first-order valence-electron chi connectivity index (χ1n) is 9.33. The number of furan rings is 1. The Balaban J connectivity index is 1.43. The molecule has 0 aliphatic carbocycles. The third-order valence-corrected chi connectivity index (χ3v) is 5.05. The van der Waals surface area contributed by atoms with Crippen LogP contribution in [0.25, 0.3) is 11.0 Å². The molecule has 1 aliphatic heterocycles. The number of carbonyl (C=O) groups excluding carboxylic acids is 1. The molecule has 0 radical (unpaired) electrons. The zero-order valence-corrected chi connectivity index (χ0v) is 15.8. The largest absolute Gasteiger partial charge is 0.467 e. The molecule has 3 aromatic rings. The zero-order valence-electron chi connectivity index (χ0n) is 15.8. The van der Waals surface area contributed by atoms with E-state index in [0.29, 0.717) is 18.7 Å². The summed E-state index contributed by atoms with van der Waals surface area (Å²) >= 11 is 0. The summed E-state index contributed by atoms with van der Waals surface area (Å²) in [4.78, 5) is 19.2. The highest BCUT2D eigenvalue weighted by Gasteiger charge is 2.32. The predicted molar refractivity (Wildman–Crippen MR) is 106 cm³/mol. The average molecular weight is 377 g/mol. The number of imidazole rings is 1. The van der Waals surface area contributed by atoms with Gasteiger partial charge in [0.2, 0.25) is 5.91 Å². The van der Waals surface area contributed by atoms with Gasteiger partial charge in [-0.2, -0.15) is 0 Å². The molecule has 1 aromatic carbocycles. The summed E-state index contributed by atoms with van der Waals surface area (Å²) in [6, 6.07) is 11.5. The van der Waals surface area contributed by atoms with Crippen LogP contribution in [0.15, 0.2) is 47.1 Å². The van der Waals surface area contributed by atoms with E-state index < -0.39 is 0 Å². The van der Waals surface area contributed by atoms with E-state index in [2.05, 4.69) is 32.4 Å². The Morgan fingerprint density at radius 1 is 1.36 bits per heavy atom. The average Bonchev–Trinajstić information content (AvgIpc) is 3.43. The van der Waals surface area contributed by atoms with Crippen LogP contribution in [-0.2, 0) is 17.9 Å². The van der Waals surface area contributed by atoms with E-state index in [0.717, 1.165) is 23.4 Å². The Kier molecular flexibility index (Phi) is 5.15. The smallest absolute Gasteiger partial charge is 0.242 e. The number of benzene rings is 1. The Morgan fingerprint density at radius 2 is 2.21 bits per heavy atom. The summed E-state index contributed by atoms with van der Waals surface area (Å²) in [7, 11) is 0. The lowest BCUT2D eigenvalue weighted by atomic mass is 10.1. The van der Waals surface area contributed by atoms with Crippen LogP contribution in [0.4, 0.5) is 0 Å². The zero-order chi connectivity index (χ0) is 19.5. The SMILES string of the molecule is C#CCN(Cc1ccco1)C(=O)C1CC(Cn2c(C)nc3ccccc32)NN1. The maximum absolute atomic E-state index is 13.0. The quantitative estimate of drug-likeness (QED) is 0.641. The molecule has 1 fully saturated rings. The Labute approximate surface area is 163 Å². The summed E-state index contributed by atoms with van der Waals surface area (Å²) in [6.07, 6.45) is 7.73. The van der Waals surface area contributed by atoms with Crippen molar-refractivity contribution in [2.75, 3.05) is 6.54 Å². The lowest BCUT2D eigenvalue weighted by Crippen LogP contribution is -2.45. The van der Waals surface area contributed by atoms with Crippen LogP contribution in [0.2, 0.25) is 0 Å². The van der Waals surface area contributed by atoms with E-state index >= 15 is 0 Å². The number of aromatic nitrogens is 2. The number of terminal acetylenes is 1. The van der Waals surface area contributed by atoms with E-state index in [9.17, 15) is 4.79 Å². The number of fused-ring (bicyclic) bond motifs is 1. The van der Waals surface area contributed by atoms with E-state index in [-0.39, 0.29) is 24.5 Å². The normalized spacial score (nSPS) is 19.0. The number of para-hydroxylation sites is 2. The van der Waals surface area contributed by atoms with Crippen LogP contribution in [0.1, 0.15) is 18.0 Å². The van der Waals surface area contributed by atoms with Gasteiger partial charge in [-0.15, -0.1) is 6.42 Å². The van der Waals surface area contributed by atoms with E-state index in [4.69, 9.17) is 10.8 Å². The fraction of sp³-hybridized carbons (Fsp3) is 0.333. The van der Waals surface area contributed by atoms with Crippen LogP contribution in [0, 0.1) is 19.3 Å². The fourth-order valence-corrected chi connectivity index (χ4v) is 3.68. The maximum Gasteiger partial charge on any atom is 0.242 e. The Hall–Kier alpha value is -3.08. The highest BCUT2D eigenvalue weighted by molar-refractivity contribution is 5.82. The van der Waals surface area contributed by atoms with E-state index in [1.807, 2.05) is 31.2 Å². The highest BCUT2D eigenvalue weighted by Crippen LogP contribution is 2.19. The van der Waals surface area contributed by atoms with Gasteiger partial charge in [-0.3, -0.25) is 10.2 Å². The monoisotopic (exact) mass is 377 g/mol. The predicted octanol–water partition coefficient (Wildman–Crippen LogP) is 1.83. The molecule has 7 nitrogen and oxygen atoms in total. The van der Waals surface area contributed by atoms with Gasteiger partial charge in [-0.05, 0) is 37.6 Å². The van der Waals surface area contributed by atoms with E-state index in [1.165, 1.54) is 0 Å². The molecule has 1 aliphatic rings. The van der Waals surface area contributed by atoms with Crippen LogP contribution in [0.5, 0.6) is 0 Å². The fourth-order valence-electron chi connectivity index (χ4n) is 3.68. The van der Waals surface area contributed by atoms with Crippen molar-refractivity contribution in [1.29, 1.82) is 0 Å². The first kappa shape index (κ1) is 18.3. The number of aryl methyl sites for hydroxylation is 1. The molecule has 144 valence electrons. The number of rotatable bonds is 6. The molecule has 0 bridgehead atoms. The first-order chi connectivity index (χ1) is 13.7. The molecule has 2 aromatic heterocycles. The first-order valence-corrected chi connectivity index (χ1v) is 9.33. The van der Waals surface area contributed by atoms with Gasteiger partial charge in [0.1, 0.15) is 17.6 Å². The van der Waals surface area contributed by atoms with E-state index in [1.54, 1.807) is 17.2 Å². The van der Waals surface area contributed by atoms with Gasteiger partial charge >= 0.3 is 0 Å². The molecule has 1 amide bonds. The number of hydrogen-bond acceptors (Lipinski definition) is 5. The molecule has 2 N–H and O–H groups in total. The van der Waals surface area contributed by atoms with Crippen LogP contribution < -0.4 is 10.9 Å². The number of hydrazine groups is 1. The third kappa shape index (κ3) is 3.65. The molecule has 0 spiro atoms. The van der Waals surface area contributed by atoms with Crippen molar-refractivity contribution >= 4 is 16.9 Å². The van der Waals surface area contributed by atoms with Crippen LogP contribution >= 0.6 is 0 Å². The molecule has 28 heavy (non-hydrogen) atoms. The number of nitrogens with zero attached hydrogens (tertiary/aromatic N) is 3. The Morgan fingerprint density at radius 3 is 3.00 bits per heavy atom. The molecule has 2 atom stereocenters. The van der Waals surface area contributed by atoms with Crippen LogP contribution in [0.3, 0.4) is 0 Å². The number of amides is 1. The maximum atomic E-state index is 13.0. The summed E-state index contributed by atoms with van der Waals surface area (Å²) < 4.78 is 7.54. The van der Waals surface area contributed by atoms with Gasteiger partial charge < -0.3 is 13.9 Å². The lowest BCUT2D eigenvalue weighted by molar-refractivity contribution is -0.133.